The third-order valence-corrected chi connectivity index (χ3v) is 7.53. The summed E-state index contributed by atoms with van der Waals surface area (Å²) in [4.78, 5) is 49.3. The van der Waals surface area contributed by atoms with E-state index >= 15 is 0 Å². The van der Waals surface area contributed by atoms with Crippen molar-refractivity contribution in [1.82, 2.24) is 15.5 Å². The third kappa shape index (κ3) is 13.4. The number of imide groups is 1. The van der Waals surface area contributed by atoms with Crippen molar-refractivity contribution in [2.24, 2.45) is 0 Å². The van der Waals surface area contributed by atoms with Gasteiger partial charge in [-0.15, -0.1) is 0 Å². The first-order chi connectivity index (χ1) is 17.0. The van der Waals surface area contributed by atoms with Gasteiger partial charge in [0, 0.05) is 43.6 Å². The average Bonchev–Trinajstić information content (AvgIpc) is 2.82. The zero-order valence-corrected chi connectivity index (χ0v) is 23.1. The molecule has 0 aliphatic rings. The number of amides is 4. The SMILES string of the molecule is C=C(C)C(=O)OCCNC(=O)N(CCOC(=O)C(=C)C)C(=O)NCCC[Si](OCC)(OCC)OCC. The fourth-order valence-electron chi connectivity index (χ4n) is 2.77. The molecule has 0 heterocycles. The normalized spacial score (nSPS) is 10.8. The number of rotatable bonds is 18. The number of urea groups is 2. The Labute approximate surface area is 214 Å². The van der Waals surface area contributed by atoms with Crippen LogP contribution in [0.2, 0.25) is 6.04 Å². The molecule has 4 amide bonds. The van der Waals surface area contributed by atoms with E-state index in [1.807, 2.05) is 20.8 Å². The largest absolute Gasteiger partial charge is 0.500 e. The maximum absolute atomic E-state index is 12.7. The fraction of sp³-hybridized carbons (Fsp3) is 0.652. The summed E-state index contributed by atoms with van der Waals surface area (Å²) in [5.41, 5.74) is 0.423. The standard InChI is InChI=1S/C23H41N3O9Si/c1-8-33-36(34-9-2,35-10-3)17-11-12-24-22(29)26(14-16-32-21(28)19(6)7)23(30)25-13-15-31-20(27)18(4)5/h4,6,8-17H2,1-3,5,7H3,(H,24,29)(H,25,30). The molecule has 13 heteroatoms. The first-order valence-corrected chi connectivity index (χ1v) is 13.9. The minimum atomic E-state index is -2.86. The molecule has 0 spiro atoms. The van der Waals surface area contributed by atoms with Crippen molar-refractivity contribution >= 4 is 32.8 Å². The first kappa shape index (κ1) is 33.3. The highest BCUT2D eigenvalue weighted by Gasteiger charge is 2.39. The first-order valence-electron chi connectivity index (χ1n) is 11.9. The minimum absolute atomic E-state index is 0.0294. The number of esters is 2. The lowest BCUT2D eigenvalue weighted by Gasteiger charge is -2.28. The van der Waals surface area contributed by atoms with Crippen LogP contribution in [0.1, 0.15) is 41.0 Å². The lowest BCUT2D eigenvalue weighted by atomic mass is 10.4. The van der Waals surface area contributed by atoms with Gasteiger partial charge in [-0.1, -0.05) is 13.2 Å². The molecule has 0 fully saturated rings. The number of carbonyl (C=O) groups excluding carboxylic acids is 4. The van der Waals surface area contributed by atoms with Crippen LogP contribution in [0.5, 0.6) is 0 Å². The third-order valence-electron chi connectivity index (χ3n) is 4.38. The molecule has 0 aromatic heterocycles. The molecule has 0 atom stereocenters. The van der Waals surface area contributed by atoms with Gasteiger partial charge in [-0.25, -0.2) is 24.1 Å². The molecule has 0 rings (SSSR count). The Bertz CT molecular complexity index is 744. The van der Waals surface area contributed by atoms with Gasteiger partial charge in [0.25, 0.3) is 0 Å². The predicted molar refractivity (Wildman–Crippen MR) is 135 cm³/mol. The van der Waals surface area contributed by atoms with Gasteiger partial charge in [0.2, 0.25) is 0 Å². The Kier molecular flexibility index (Phi) is 17.1. The molecule has 0 aliphatic carbocycles. The lowest BCUT2D eigenvalue weighted by Crippen LogP contribution is -2.51. The number of ether oxygens (including phenoxy) is 2. The molecule has 0 aliphatic heterocycles. The average molecular weight is 532 g/mol. The molecule has 0 bridgehead atoms. The molecule has 0 saturated carbocycles. The van der Waals surface area contributed by atoms with Gasteiger partial charge in [0.1, 0.15) is 13.2 Å². The van der Waals surface area contributed by atoms with Gasteiger partial charge in [0.05, 0.1) is 13.1 Å². The van der Waals surface area contributed by atoms with Crippen molar-refractivity contribution in [2.45, 2.75) is 47.1 Å². The molecule has 0 aromatic carbocycles. The highest BCUT2D eigenvalue weighted by atomic mass is 28.4. The van der Waals surface area contributed by atoms with E-state index in [4.69, 9.17) is 22.8 Å². The van der Waals surface area contributed by atoms with Gasteiger partial charge >= 0.3 is 32.8 Å². The zero-order chi connectivity index (χ0) is 27.6. The molecule has 0 aromatic rings. The van der Waals surface area contributed by atoms with Crippen LogP contribution < -0.4 is 10.6 Å². The van der Waals surface area contributed by atoms with E-state index in [2.05, 4.69) is 23.8 Å². The molecular formula is C23H41N3O9Si. The monoisotopic (exact) mass is 531 g/mol. The van der Waals surface area contributed by atoms with Crippen molar-refractivity contribution in [3.63, 3.8) is 0 Å². The van der Waals surface area contributed by atoms with Crippen LogP contribution >= 0.6 is 0 Å². The maximum Gasteiger partial charge on any atom is 0.500 e. The van der Waals surface area contributed by atoms with E-state index in [9.17, 15) is 19.2 Å². The summed E-state index contributed by atoms with van der Waals surface area (Å²) >= 11 is 0. The smallest absolute Gasteiger partial charge is 0.460 e. The molecule has 0 unspecified atom stereocenters. The van der Waals surface area contributed by atoms with Crippen LogP contribution in [-0.2, 0) is 32.3 Å². The highest BCUT2D eigenvalue weighted by Crippen LogP contribution is 2.17. The second-order valence-corrected chi connectivity index (χ2v) is 10.3. The van der Waals surface area contributed by atoms with Gasteiger partial charge in [-0.2, -0.15) is 0 Å². The summed E-state index contributed by atoms with van der Waals surface area (Å²) in [7, 11) is -2.86. The van der Waals surface area contributed by atoms with Crippen LogP contribution in [0.15, 0.2) is 24.3 Å². The van der Waals surface area contributed by atoms with Crippen molar-refractivity contribution in [2.75, 3.05) is 52.7 Å². The summed E-state index contributed by atoms with van der Waals surface area (Å²) in [6.07, 6.45) is 0.495. The summed E-state index contributed by atoms with van der Waals surface area (Å²) < 4.78 is 27.3. The van der Waals surface area contributed by atoms with Crippen LogP contribution in [-0.4, -0.2) is 90.4 Å². The molecular weight excluding hydrogens is 490 g/mol. The molecule has 12 nitrogen and oxygen atoms in total. The van der Waals surface area contributed by atoms with Crippen molar-refractivity contribution in [3.8, 4) is 0 Å². The lowest BCUT2D eigenvalue weighted by molar-refractivity contribution is -0.139. The Hall–Kier alpha value is -2.74. The topological polar surface area (TPSA) is 142 Å². The molecule has 206 valence electrons. The number of nitrogens with zero attached hydrogens (tertiary/aromatic N) is 1. The Balaban J connectivity index is 4.99. The minimum Gasteiger partial charge on any atom is -0.460 e. The van der Waals surface area contributed by atoms with E-state index in [1.165, 1.54) is 13.8 Å². The van der Waals surface area contributed by atoms with Crippen LogP contribution in [0, 0.1) is 0 Å². The van der Waals surface area contributed by atoms with Crippen molar-refractivity contribution in [3.05, 3.63) is 24.3 Å². The number of nitrogens with one attached hydrogen (secondary N) is 2. The van der Waals surface area contributed by atoms with Crippen molar-refractivity contribution < 1.29 is 41.9 Å². The molecule has 0 radical (unpaired) electrons. The Morgan fingerprint density at radius 3 is 1.64 bits per heavy atom. The second-order valence-electron chi connectivity index (χ2n) is 7.53. The Morgan fingerprint density at radius 1 is 0.750 bits per heavy atom. The number of hydrogen-bond donors (Lipinski definition) is 2. The zero-order valence-electron chi connectivity index (χ0n) is 22.1. The maximum atomic E-state index is 12.7. The fourth-order valence-corrected chi connectivity index (χ4v) is 5.38. The molecule has 0 saturated heterocycles. The number of hydrogen-bond acceptors (Lipinski definition) is 9. The van der Waals surface area contributed by atoms with E-state index in [1.54, 1.807) is 0 Å². The van der Waals surface area contributed by atoms with E-state index in [0.717, 1.165) is 4.90 Å². The van der Waals surface area contributed by atoms with E-state index < -0.39 is 32.8 Å². The van der Waals surface area contributed by atoms with Crippen molar-refractivity contribution in [1.29, 1.82) is 0 Å². The van der Waals surface area contributed by atoms with Gasteiger partial charge in [0.15, 0.2) is 0 Å². The quantitative estimate of drug-likeness (QED) is 0.118. The highest BCUT2D eigenvalue weighted by molar-refractivity contribution is 6.60. The summed E-state index contributed by atoms with van der Waals surface area (Å²) in [5, 5.41) is 5.17. The van der Waals surface area contributed by atoms with Crippen LogP contribution in [0.3, 0.4) is 0 Å². The Morgan fingerprint density at radius 2 is 1.19 bits per heavy atom. The van der Waals surface area contributed by atoms with Crippen LogP contribution in [0.25, 0.3) is 0 Å². The van der Waals surface area contributed by atoms with Gasteiger partial charge in [-0.3, -0.25) is 0 Å². The van der Waals surface area contributed by atoms with E-state index in [-0.39, 0.29) is 44.0 Å². The van der Waals surface area contributed by atoms with E-state index in [0.29, 0.717) is 32.3 Å². The molecule has 2 N–H and O–H groups in total. The van der Waals surface area contributed by atoms with Gasteiger partial charge < -0.3 is 33.4 Å². The van der Waals surface area contributed by atoms with Gasteiger partial charge in [-0.05, 0) is 41.0 Å². The molecule has 36 heavy (non-hydrogen) atoms. The second kappa shape index (κ2) is 18.5. The summed E-state index contributed by atoms with van der Waals surface area (Å²) in [5.74, 6) is -1.22. The summed E-state index contributed by atoms with van der Waals surface area (Å²) in [6, 6.07) is -0.944. The predicted octanol–water partition coefficient (Wildman–Crippen LogP) is 2.38. The number of carbonyl (C=O) groups is 4. The van der Waals surface area contributed by atoms with Crippen LogP contribution in [0.4, 0.5) is 9.59 Å². The summed E-state index contributed by atoms with van der Waals surface area (Å²) in [6.45, 7) is 16.5.